The minimum atomic E-state index is 0.0985. The highest BCUT2D eigenvalue weighted by atomic mass is 16.5. The predicted octanol–water partition coefficient (Wildman–Crippen LogP) is 3.41. The molecule has 1 aliphatic rings. The van der Waals surface area contributed by atoms with Crippen LogP contribution >= 0.6 is 0 Å². The Bertz CT molecular complexity index is 603. The van der Waals surface area contributed by atoms with Crippen LogP contribution in [-0.2, 0) is 0 Å². The second kappa shape index (κ2) is 5.15. The molecule has 0 bridgehead atoms. The molecule has 0 unspecified atom stereocenters. The minimum absolute atomic E-state index is 0.0985. The van der Waals surface area contributed by atoms with Gasteiger partial charge in [0.05, 0.1) is 13.2 Å². The van der Waals surface area contributed by atoms with Crippen LogP contribution in [0.5, 0.6) is 11.5 Å². The lowest BCUT2D eigenvalue weighted by Crippen LogP contribution is -2.06. The molecule has 1 aliphatic carbocycles. The summed E-state index contributed by atoms with van der Waals surface area (Å²) >= 11 is 0. The Balaban J connectivity index is 1.88. The first kappa shape index (κ1) is 13.0. The molecule has 0 atom stereocenters. The van der Waals surface area contributed by atoms with E-state index in [0.29, 0.717) is 17.5 Å². The molecule has 1 saturated carbocycles. The first-order valence-electron chi connectivity index (χ1n) is 6.86. The van der Waals surface area contributed by atoms with Gasteiger partial charge in [-0.15, -0.1) is 0 Å². The summed E-state index contributed by atoms with van der Waals surface area (Å²) in [6.45, 7) is 3.96. The van der Waals surface area contributed by atoms with Crippen molar-refractivity contribution in [3.8, 4) is 22.9 Å². The Hall–Kier alpha value is -2.04. The van der Waals surface area contributed by atoms with Crippen LogP contribution in [-0.4, -0.2) is 23.4 Å². The van der Waals surface area contributed by atoms with Gasteiger partial charge in [0.2, 0.25) is 11.7 Å². The van der Waals surface area contributed by atoms with Crippen LogP contribution in [0.25, 0.3) is 11.4 Å². The molecule has 0 spiro atoms. The number of hydrogen-bond acceptors (Lipinski definition) is 5. The van der Waals surface area contributed by atoms with Gasteiger partial charge in [-0.2, -0.15) is 4.98 Å². The molecule has 1 aromatic carbocycles. The Morgan fingerprint density at radius 1 is 1.25 bits per heavy atom. The van der Waals surface area contributed by atoms with Crippen molar-refractivity contribution in [2.75, 3.05) is 7.11 Å². The van der Waals surface area contributed by atoms with Gasteiger partial charge in [-0.3, -0.25) is 0 Å². The highest BCUT2D eigenvalue weighted by molar-refractivity contribution is 5.60. The SMILES string of the molecule is COc1cc(-c2noc(C3CC3)n2)ccc1OC(C)C. The molecular formula is C15H18N2O3. The molecule has 5 nitrogen and oxygen atoms in total. The number of rotatable bonds is 5. The summed E-state index contributed by atoms with van der Waals surface area (Å²) in [6, 6.07) is 5.67. The molecule has 0 radical (unpaired) electrons. The maximum Gasteiger partial charge on any atom is 0.230 e. The topological polar surface area (TPSA) is 57.4 Å². The van der Waals surface area contributed by atoms with E-state index in [1.54, 1.807) is 7.11 Å². The van der Waals surface area contributed by atoms with Crippen molar-refractivity contribution in [2.45, 2.75) is 38.7 Å². The molecule has 2 aromatic rings. The Morgan fingerprint density at radius 3 is 2.70 bits per heavy atom. The van der Waals surface area contributed by atoms with Gasteiger partial charge >= 0.3 is 0 Å². The molecule has 0 amide bonds. The molecule has 20 heavy (non-hydrogen) atoms. The van der Waals surface area contributed by atoms with Crippen molar-refractivity contribution < 1.29 is 14.0 Å². The fourth-order valence-corrected chi connectivity index (χ4v) is 2.01. The summed E-state index contributed by atoms with van der Waals surface area (Å²) in [5.41, 5.74) is 0.869. The van der Waals surface area contributed by atoms with E-state index in [4.69, 9.17) is 14.0 Å². The van der Waals surface area contributed by atoms with E-state index < -0.39 is 0 Å². The van der Waals surface area contributed by atoms with Gasteiger partial charge in [0, 0.05) is 11.5 Å². The number of ether oxygens (including phenoxy) is 2. The minimum Gasteiger partial charge on any atom is -0.493 e. The summed E-state index contributed by atoms with van der Waals surface area (Å²) in [6.07, 6.45) is 2.39. The number of hydrogen-bond donors (Lipinski definition) is 0. The molecule has 0 saturated heterocycles. The van der Waals surface area contributed by atoms with Gasteiger partial charge in [-0.05, 0) is 44.9 Å². The molecule has 5 heteroatoms. The second-order valence-corrected chi connectivity index (χ2v) is 5.26. The molecule has 0 aliphatic heterocycles. The van der Waals surface area contributed by atoms with E-state index in [1.807, 2.05) is 32.0 Å². The standard InChI is InChI=1S/C15H18N2O3/c1-9(2)19-12-7-6-11(8-13(12)18-3)14-16-15(20-17-14)10-4-5-10/h6-10H,4-5H2,1-3H3. The smallest absolute Gasteiger partial charge is 0.230 e. The van der Waals surface area contributed by atoms with E-state index in [9.17, 15) is 0 Å². The predicted molar refractivity (Wildman–Crippen MR) is 74.0 cm³/mol. The molecule has 3 rings (SSSR count). The summed E-state index contributed by atoms with van der Waals surface area (Å²) in [5.74, 6) is 3.19. The molecular weight excluding hydrogens is 256 g/mol. The van der Waals surface area contributed by atoms with Crippen LogP contribution in [0.3, 0.4) is 0 Å². The van der Waals surface area contributed by atoms with E-state index >= 15 is 0 Å². The highest BCUT2D eigenvalue weighted by Crippen LogP contribution is 2.40. The Kier molecular flexibility index (Phi) is 3.34. The number of nitrogens with zero attached hydrogens (tertiary/aromatic N) is 2. The van der Waals surface area contributed by atoms with Gasteiger partial charge in [-0.1, -0.05) is 5.16 Å². The van der Waals surface area contributed by atoms with Crippen LogP contribution in [0.15, 0.2) is 22.7 Å². The summed E-state index contributed by atoms with van der Waals surface area (Å²) in [7, 11) is 1.62. The quantitative estimate of drug-likeness (QED) is 0.836. The van der Waals surface area contributed by atoms with Crippen molar-refractivity contribution in [1.29, 1.82) is 0 Å². The summed E-state index contributed by atoms with van der Waals surface area (Å²) < 4.78 is 16.3. The average Bonchev–Trinajstić information content (AvgIpc) is 3.17. The maximum absolute atomic E-state index is 5.69. The Morgan fingerprint density at radius 2 is 2.05 bits per heavy atom. The van der Waals surface area contributed by atoms with Gasteiger partial charge < -0.3 is 14.0 Å². The monoisotopic (exact) mass is 274 g/mol. The van der Waals surface area contributed by atoms with Crippen LogP contribution in [0.4, 0.5) is 0 Å². The zero-order valence-corrected chi connectivity index (χ0v) is 11.9. The van der Waals surface area contributed by atoms with Crippen LogP contribution in [0.1, 0.15) is 38.5 Å². The first-order valence-corrected chi connectivity index (χ1v) is 6.86. The zero-order chi connectivity index (χ0) is 14.1. The van der Waals surface area contributed by atoms with Crippen LogP contribution < -0.4 is 9.47 Å². The fourth-order valence-electron chi connectivity index (χ4n) is 2.01. The van der Waals surface area contributed by atoms with Crippen molar-refractivity contribution >= 4 is 0 Å². The Labute approximate surface area is 117 Å². The third-order valence-electron chi connectivity index (χ3n) is 3.15. The van der Waals surface area contributed by atoms with Gasteiger partial charge in [0.1, 0.15) is 0 Å². The lowest BCUT2D eigenvalue weighted by atomic mass is 10.2. The summed E-state index contributed by atoms with van der Waals surface area (Å²) in [4.78, 5) is 4.43. The number of methoxy groups -OCH3 is 1. The average molecular weight is 274 g/mol. The van der Waals surface area contributed by atoms with Crippen molar-refractivity contribution in [3.05, 3.63) is 24.1 Å². The van der Waals surface area contributed by atoms with Crippen molar-refractivity contribution in [1.82, 2.24) is 10.1 Å². The molecule has 1 aromatic heterocycles. The second-order valence-electron chi connectivity index (χ2n) is 5.26. The fraction of sp³-hybridized carbons (Fsp3) is 0.467. The number of benzene rings is 1. The van der Waals surface area contributed by atoms with Gasteiger partial charge in [0.15, 0.2) is 11.5 Å². The van der Waals surface area contributed by atoms with Crippen LogP contribution in [0.2, 0.25) is 0 Å². The normalized spacial score (nSPS) is 14.6. The van der Waals surface area contributed by atoms with E-state index in [-0.39, 0.29) is 6.10 Å². The highest BCUT2D eigenvalue weighted by Gasteiger charge is 2.29. The lowest BCUT2D eigenvalue weighted by Gasteiger charge is -2.13. The van der Waals surface area contributed by atoms with Gasteiger partial charge in [-0.25, -0.2) is 0 Å². The van der Waals surface area contributed by atoms with E-state index in [0.717, 1.165) is 30.0 Å². The third kappa shape index (κ3) is 2.61. The van der Waals surface area contributed by atoms with Crippen LogP contribution in [0, 0.1) is 0 Å². The molecule has 106 valence electrons. The third-order valence-corrected chi connectivity index (χ3v) is 3.15. The molecule has 0 N–H and O–H groups in total. The van der Waals surface area contributed by atoms with E-state index in [1.165, 1.54) is 0 Å². The maximum atomic E-state index is 5.69. The van der Waals surface area contributed by atoms with Crippen molar-refractivity contribution in [2.24, 2.45) is 0 Å². The summed E-state index contributed by atoms with van der Waals surface area (Å²) in [5, 5.41) is 4.03. The number of aromatic nitrogens is 2. The molecule has 1 fully saturated rings. The van der Waals surface area contributed by atoms with E-state index in [2.05, 4.69) is 10.1 Å². The van der Waals surface area contributed by atoms with Crippen molar-refractivity contribution in [3.63, 3.8) is 0 Å². The molecule has 1 heterocycles. The first-order chi connectivity index (χ1) is 9.67. The zero-order valence-electron chi connectivity index (χ0n) is 11.9. The largest absolute Gasteiger partial charge is 0.493 e. The van der Waals surface area contributed by atoms with Gasteiger partial charge in [0.25, 0.3) is 0 Å². The lowest BCUT2D eigenvalue weighted by molar-refractivity contribution is 0.230.